The second kappa shape index (κ2) is 5.69. The van der Waals surface area contributed by atoms with Crippen LogP contribution in [0, 0.1) is 6.92 Å². The van der Waals surface area contributed by atoms with Crippen LogP contribution in [-0.4, -0.2) is 9.55 Å². The number of halogens is 4. The van der Waals surface area contributed by atoms with Gasteiger partial charge in [-0.3, -0.25) is 4.57 Å². The fourth-order valence-corrected chi connectivity index (χ4v) is 3.09. The fourth-order valence-electron chi connectivity index (χ4n) is 2.27. The summed E-state index contributed by atoms with van der Waals surface area (Å²) in [7, 11) is 0. The van der Waals surface area contributed by atoms with Gasteiger partial charge < -0.3 is 0 Å². The normalized spacial score (nSPS) is 11.3. The first-order chi connectivity index (χ1) is 10.0. The van der Waals surface area contributed by atoms with E-state index in [2.05, 4.69) is 4.98 Å². The van der Waals surface area contributed by atoms with E-state index in [1.165, 1.54) is 0 Å². The van der Waals surface area contributed by atoms with Gasteiger partial charge in [0, 0.05) is 0 Å². The minimum Gasteiger partial charge on any atom is -0.294 e. The molecule has 0 aliphatic carbocycles. The van der Waals surface area contributed by atoms with E-state index in [1.54, 1.807) is 12.1 Å². The number of aryl methyl sites for hydroxylation is 1. The summed E-state index contributed by atoms with van der Waals surface area (Å²) in [6, 6.07) is 9.34. The Bertz CT molecular complexity index is 839. The Labute approximate surface area is 142 Å². The van der Waals surface area contributed by atoms with Gasteiger partial charge in [0.15, 0.2) is 0 Å². The van der Waals surface area contributed by atoms with Gasteiger partial charge in [-0.2, -0.15) is 0 Å². The average Bonchev–Trinajstić information content (AvgIpc) is 2.77. The summed E-state index contributed by atoms with van der Waals surface area (Å²) in [6.45, 7) is 1.99. The van der Waals surface area contributed by atoms with Crippen molar-refractivity contribution in [3.8, 4) is 5.69 Å². The number of rotatable bonds is 2. The third-order valence-corrected chi connectivity index (χ3v) is 4.49. The zero-order chi connectivity index (χ0) is 15.1. The summed E-state index contributed by atoms with van der Waals surface area (Å²) < 4.78 is 1.91. The van der Waals surface area contributed by atoms with Gasteiger partial charge in [0.25, 0.3) is 0 Å². The molecule has 0 saturated carbocycles. The second-order valence-electron chi connectivity index (χ2n) is 4.71. The SMILES string of the molecule is Cc1ccc(-n2c(CCl)nc3cc(Cl)c(Cl)cc32)c(Cl)c1. The van der Waals surface area contributed by atoms with E-state index in [0.717, 1.165) is 22.3 Å². The number of fused-ring (bicyclic) bond motifs is 1. The molecule has 21 heavy (non-hydrogen) atoms. The van der Waals surface area contributed by atoms with Crippen LogP contribution in [0.2, 0.25) is 15.1 Å². The highest BCUT2D eigenvalue weighted by atomic mass is 35.5. The molecule has 1 heterocycles. The van der Waals surface area contributed by atoms with Gasteiger partial charge in [0.05, 0.1) is 37.7 Å². The molecule has 0 aliphatic heterocycles. The van der Waals surface area contributed by atoms with Gasteiger partial charge in [-0.1, -0.05) is 40.9 Å². The number of aromatic nitrogens is 2. The van der Waals surface area contributed by atoms with Crippen molar-refractivity contribution < 1.29 is 0 Å². The van der Waals surface area contributed by atoms with E-state index < -0.39 is 0 Å². The molecular formula is C15H10Cl4N2. The van der Waals surface area contributed by atoms with Crippen molar-refractivity contribution in [1.82, 2.24) is 9.55 Å². The zero-order valence-corrected chi connectivity index (χ0v) is 14.0. The monoisotopic (exact) mass is 358 g/mol. The van der Waals surface area contributed by atoms with Crippen molar-refractivity contribution >= 4 is 57.4 Å². The molecule has 3 rings (SSSR count). The lowest BCUT2D eigenvalue weighted by atomic mass is 10.2. The van der Waals surface area contributed by atoms with Crippen LogP contribution in [-0.2, 0) is 5.88 Å². The molecule has 108 valence electrons. The van der Waals surface area contributed by atoms with Crippen molar-refractivity contribution in [1.29, 1.82) is 0 Å². The Balaban J connectivity index is 2.37. The number of alkyl halides is 1. The third kappa shape index (κ3) is 2.62. The van der Waals surface area contributed by atoms with Gasteiger partial charge in [0.2, 0.25) is 0 Å². The quantitative estimate of drug-likeness (QED) is 0.510. The topological polar surface area (TPSA) is 17.8 Å². The third-order valence-electron chi connectivity index (χ3n) is 3.23. The standard InChI is InChI=1S/C15H10Cl4N2/c1-8-2-3-13(11(19)4-8)21-14-6-10(18)9(17)5-12(14)20-15(21)7-16/h2-6H,7H2,1H3. The van der Waals surface area contributed by atoms with E-state index in [4.69, 9.17) is 46.4 Å². The maximum atomic E-state index is 6.37. The van der Waals surface area contributed by atoms with Gasteiger partial charge in [-0.05, 0) is 36.8 Å². The van der Waals surface area contributed by atoms with Crippen LogP contribution in [0.15, 0.2) is 30.3 Å². The van der Waals surface area contributed by atoms with E-state index in [-0.39, 0.29) is 5.88 Å². The van der Waals surface area contributed by atoms with Crippen molar-refractivity contribution in [2.75, 3.05) is 0 Å². The van der Waals surface area contributed by atoms with Crippen LogP contribution in [0.25, 0.3) is 16.7 Å². The molecule has 2 nitrogen and oxygen atoms in total. The molecule has 0 bridgehead atoms. The Hall–Kier alpha value is -0.930. The Morgan fingerprint density at radius 2 is 1.71 bits per heavy atom. The summed E-state index contributed by atoms with van der Waals surface area (Å²) in [4.78, 5) is 4.50. The highest BCUT2D eigenvalue weighted by Crippen LogP contribution is 2.32. The number of benzene rings is 2. The predicted octanol–water partition coefficient (Wildman–Crippen LogP) is 6.03. The molecular weight excluding hydrogens is 350 g/mol. The van der Waals surface area contributed by atoms with E-state index in [0.29, 0.717) is 20.9 Å². The summed E-state index contributed by atoms with van der Waals surface area (Å²) in [6.07, 6.45) is 0. The first-order valence-corrected chi connectivity index (χ1v) is 7.87. The smallest absolute Gasteiger partial charge is 0.129 e. The molecule has 0 aliphatic rings. The fraction of sp³-hybridized carbons (Fsp3) is 0.133. The van der Waals surface area contributed by atoms with Crippen molar-refractivity contribution in [3.63, 3.8) is 0 Å². The van der Waals surface area contributed by atoms with Gasteiger partial charge >= 0.3 is 0 Å². The molecule has 0 atom stereocenters. The average molecular weight is 360 g/mol. The van der Waals surface area contributed by atoms with Crippen LogP contribution < -0.4 is 0 Å². The highest BCUT2D eigenvalue weighted by Gasteiger charge is 2.15. The molecule has 0 radical (unpaired) electrons. The minimum atomic E-state index is 0.258. The molecule has 0 fully saturated rings. The summed E-state index contributed by atoms with van der Waals surface area (Å²) in [5.74, 6) is 0.949. The molecule has 1 aromatic heterocycles. The summed E-state index contributed by atoms with van der Waals surface area (Å²) >= 11 is 24.6. The Morgan fingerprint density at radius 3 is 2.38 bits per heavy atom. The molecule has 0 saturated heterocycles. The van der Waals surface area contributed by atoms with Crippen molar-refractivity contribution in [2.24, 2.45) is 0 Å². The molecule has 0 unspecified atom stereocenters. The second-order valence-corrected chi connectivity index (χ2v) is 6.20. The summed E-state index contributed by atoms with van der Waals surface area (Å²) in [5.41, 5.74) is 3.46. The predicted molar refractivity (Wildman–Crippen MR) is 90.4 cm³/mol. The van der Waals surface area contributed by atoms with E-state index >= 15 is 0 Å². The molecule has 0 N–H and O–H groups in total. The lowest BCUT2D eigenvalue weighted by Crippen LogP contribution is -2.00. The maximum absolute atomic E-state index is 6.37. The molecule has 2 aromatic carbocycles. The molecule has 3 aromatic rings. The number of hydrogen-bond donors (Lipinski definition) is 0. The Kier molecular flexibility index (Phi) is 4.06. The number of imidazole rings is 1. The number of hydrogen-bond acceptors (Lipinski definition) is 1. The maximum Gasteiger partial charge on any atom is 0.129 e. The molecule has 0 amide bonds. The first-order valence-electron chi connectivity index (χ1n) is 6.20. The van der Waals surface area contributed by atoms with Gasteiger partial charge in [-0.15, -0.1) is 11.6 Å². The minimum absolute atomic E-state index is 0.258. The Morgan fingerprint density at radius 1 is 1.00 bits per heavy atom. The first kappa shape index (κ1) is 15.0. The summed E-state index contributed by atoms with van der Waals surface area (Å²) in [5, 5.41) is 1.56. The zero-order valence-electron chi connectivity index (χ0n) is 11.0. The van der Waals surface area contributed by atoms with E-state index in [1.807, 2.05) is 29.7 Å². The van der Waals surface area contributed by atoms with Crippen LogP contribution >= 0.6 is 46.4 Å². The van der Waals surface area contributed by atoms with Gasteiger partial charge in [-0.25, -0.2) is 4.98 Å². The lowest BCUT2D eigenvalue weighted by Gasteiger charge is -2.11. The van der Waals surface area contributed by atoms with E-state index in [9.17, 15) is 0 Å². The van der Waals surface area contributed by atoms with Crippen LogP contribution in [0.1, 0.15) is 11.4 Å². The highest BCUT2D eigenvalue weighted by molar-refractivity contribution is 6.42. The number of nitrogens with zero attached hydrogens (tertiary/aromatic N) is 2. The molecule has 6 heteroatoms. The van der Waals surface area contributed by atoms with Crippen LogP contribution in [0.3, 0.4) is 0 Å². The van der Waals surface area contributed by atoms with Crippen molar-refractivity contribution in [3.05, 3.63) is 56.8 Å². The van der Waals surface area contributed by atoms with Crippen LogP contribution in [0.5, 0.6) is 0 Å². The van der Waals surface area contributed by atoms with Crippen molar-refractivity contribution in [2.45, 2.75) is 12.8 Å². The largest absolute Gasteiger partial charge is 0.294 e. The lowest BCUT2D eigenvalue weighted by molar-refractivity contribution is 0.981. The molecule has 0 spiro atoms. The van der Waals surface area contributed by atoms with Crippen LogP contribution in [0.4, 0.5) is 0 Å². The van der Waals surface area contributed by atoms with Gasteiger partial charge in [0.1, 0.15) is 5.82 Å².